The molecule has 1 aliphatic heterocycles. The summed E-state index contributed by atoms with van der Waals surface area (Å²) in [5.41, 5.74) is 2.81. The molecule has 4 rings (SSSR count). The van der Waals surface area contributed by atoms with Crippen LogP contribution in [0.1, 0.15) is 38.4 Å². The van der Waals surface area contributed by atoms with E-state index in [2.05, 4.69) is 24.5 Å². The fraction of sp³-hybridized carbons (Fsp3) is 0.391. The second kappa shape index (κ2) is 8.07. The Morgan fingerprint density at radius 1 is 1.24 bits per heavy atom. The van der Waals surface area contributed by atoms with Gasteiger partial charge in [0.2, 0.25) is 5.91 Å². The Hall–Kier alpha value is -2.53. The van der Waals surface area contributed by atoms with Gasteiger partial charge >= 0.3 is 0 Å². The maximum absolute atomic E-state index is 12.9. The van der Waals surface area contributed by atoms with Crippen molar-refractivity contribution in [2.45, 2.75) is 39.2 Å². The number of ether oxygens (including phenoxy) is 1. The molecule has 0 radical (unpaired) electrons. The van der Waals surface area contributed by atoms with E-state index in [1.54, 1.807) is 24.1 Å². The fourth-order valence-corrected chi connectivity index (χ4v) is 4.19. The molecule has 0 aliphatic carbocycles. The van der Waals surface area contributed by atoms with E-state index in [4.69, 9.17) is 21.3 Å². The van der Waals surface area contributed by atoms with Crippen molar-refractivity contribution in [3.63, 3.8) is 0 Å². The summed E-state index contributed by atoms with van der Waals surface area (Å²) in [5, 5.41) is 0.549. The molecule has 29 heavy (non-hydrogen) atoms. The van der Waals surface area contributed by atoms with Crippen molar-refractivity contribution in [1.82, 2.24) is 9.55 Å². The highest BCUT2D eigenvalue weighted by Crippen LogP contribution is 2.37. The van der Waals surface area contributed by atoms with E-state index in [1.165, 1.54) is 0 Å². The number of imidazole rings is 1. The van der Waals surface area contributed by atoms with Crippen LogP contribution in [0.4, 0.5) is 5.69 Å². The lowest BCUT2D eigenvalue weighted by atomic mass is 10.1. The molecule has 5 nitrogen and oxygen atoms in total. The van der Waals surface area contributed by atoms with Crippen molar-refractivity contribution in [3.8, 4) is 5.75 Å². The zero-order chi connectivity index (χ0) is 20.5. The SMILES string of the molecule is COc1ccc(Cl)c(N2C[C@H](c3nc4ccccc4n3CCC(C)C)CC2=O)c1. The summed E-state index contributed by atoms with van der Waals surface area (Å²) in [6.07, 6.45) is 1.50. The number of rotatable bonds is 6. The zero-order valence-electron chi connectivity index (χ0n) is 17.1. The maximum atomic E-state index is 12.9. The molecule has 1 atom stereocenters. The number of methoxy groups -OCH3 is 1. The highest BCUT2D eigenvalue weighted by Gasteiger charge is 2.35. The number of aryl methyl sites for hydroxylation is 1. The first kappa shape index (κ1) is 19.8. The van der Waals surface area contributed by atoms with Crippen LogP contribution in [0, 0.1) is 5.92 Å². The molecule has 1 aromatic heterocycles. The predicted molar refractivity (Wildman–Crippen MR) is 117 cm³/mol. The summed E-state index contributed by atoms with van der Waals surface area (Å²) in [6, 6.07) is 13.6. The van der Waals surface area contributed by atoms with Gasteiger partial charge in [-0.1, -0.05) is 37.6 Å². The average molecular weight is 412 g/mol. The van der Waals surface area contributed by atoms with Crippen LogP contribution in [0.3, 0.4) is 0 Å². The van der Waals surface area contributed by atoms with Gasteiger partial charge in [-0.15, -0.1) is 0 Å². The Kier molecular flexibility index (Phi) is 5.50. The van der Waals surface area contributed by atoms with Gasteiger partial charge in [0.15, 0.2) is 0 Å². The number of benzene rings is 2. The van der Waals surface area contributed by atoms with Crippen molar-refractivity contribution in [2.24, 2.45) is 5.92 Å². The third-order valence-corrected chi connectivity index (χ3v) is 5.87. The van der Waals surface area contributed by atoms with Gasteiger partial charge in [-0.2, -0.15) is 0 Å². The van der Waals surface area contributed by atoms with Crippen LogP contribution in [-0.4, -0.2) is 29.1 Å². The smallest absolute Gasteiger partial charge is 0.227 e. The second-order valence-electron chi connectivity index (χ2n) is 8.02. The van der Waals surface area contributed by atoms with Gasteiger partial charge in [-0.3, -0.25) is 4.79 Å². The Balaban J connectivity index is 1.69. The minimum Gasteiger partial charge on any atom is -0.497 e. The monoisotopic (exact) mass is 411 g/mol. The number of nitrogens with zero attached hydrogens (tertiary/aromatic N) is 3. The largest absolute Gasteiger partial charge is 0.497 e. The lowest BCUT2D eigenvalue weighted by molar-refractivity contribution is -0.117. The third kappa shape index (κ3) is 3.84. The van der Waals surface area contributed by atoms with Crippen LogP contribution in [-0.2, 0) is 11.3 Å². The number of amides is 1. The zero-order valence-corrected chi connectivity index (χ0v) is 17.8. The number of hydrogen-bond donors (Lipinski definition) is 0. The molecule has 1 amide bonds. The summed E-state index contributed by atoms with van der Waals surface area (Å²) in [5.74, 6) is 2.37. The van der Waals surface area contributed by atoms with E-state index in [0.29, 0.717) is 35.3 Å². The Labute approximate surface area is 176 Å². The molecule has 3 aromatic rings. The lowest BCUT2D eigenvalue weighted by Crippen LogP contribution is -2.25. The first-order valence-corrected chi connectivity index (χ1v) is 10.4. The molecule has 1 aliphatic rings. The van der Waals surface area contributed by atoms with Gasteiger partial charge in [0.25, 0.3) is 0 Å². The van der Waals surface area contributed by atoms with E-state index < -0.39 is 0 Å². The van der Waals surface area contributed by atoms with E-state index in [1.807, 2.05) is 24.3 Å². The molecule has 2 heterocycles. The summed E-state index contributed by atoms with van der Waals surface area (Å²) < 4.78 is 7.61. The number of carbonyl (C=O) groups is 1. The predicted octanol–water partition coefficient (Wildman–Crippen LogP) is 5.26. The van der Waals surface area contributed by atoms with Crippen LogP contribution in [0.25, 0.3) is 11.0 Å². The molecule has 152 valence electrons. The maximum Gasteiger partial charge on any atom is 0.227 e. The number of carbonyl (C=O) groups excluding carboxylic acids is 1. The van der Waals surface area contributed by atoms with Gasteiger partial charge in [0.1, 0.15) is 11.6 Å². The van der Waals surface area contributed by atoms with Crippen molar-refractivity contribution < 1.29 is 9.53 Å². The van der Waals surface area contributed by atoms with Crippen LogP contribution in [0.2, 0.25) is 5.02 Å². The molecule has 0 bridgehead atoms. The molecule has 0 spiro atoms. The van der Waals surface area contributed by atoms with Gasteiger partial charge in [0.05, 0.1) is 28.9 Å². The van der Waals surface area contributed by atoms with Gasteiger partial charge in [-0.25, -0.2) is 4.98 Å². The number of para-hydroxylation sites is 2. The summed E-state index contributed by atoms with van der Waals surface area (Å²) in [4.78, 5) is 19.6. The topological polar surface area (TPSA) is 47.4 Å². The first-order valence-electron chi connectivity index (χ1n) is 10.1. The van der Waals surface area contributed by atoms with E-state index >= 15 is 0 Å². The van der Waals surface area contributed by atoms with Crippen molar-refractivity contribution in [1.29, 1.82) is 0 Å². The van der Waals surface area contributed by atoms with Crippen LogP contribution in [0.5, 0.6) is 5.75 Å². The van der Waals surface area contributed by atoms with Crippen molar-refractivity contribution >= 4 is 34.2 Å². The molecule has 6 heteroatoms. The third-order valence-electron chi connectivity index (χ3n) is 5.55. The summed E-state index contributed by atoms with van der Waals surface area (Å²) >= 11 is 6.40. The highest BCUT2D eigenvalue weighted by molar-refractivity contribution is 6.34. The molecule has 0 unspecified atom stereocenters. The molecular formula is C23H26ClN3O2. The minimum atomic E-state index is 0.0318. The molecular weight excluding hydrogens is 386 g/mol. The van der Waals surface area contributed by atoms with Crippen molar-refractivity contribution in [2.75, 3.05) is 18.6 Å². The number of halogens is 1. The average Bonchev–Trinajstić information content (AvgIpc) is 3.27. The molecule has 0 N–H and O–H groups in total. The summed E-state index contributed by atoms with van der Waals surface area (Å²) in [6.45, 7) is 5.92. The van der Waals surface area contributed by atoms with Crippen LogP contribution < -0.4 is 9.64 Å². The molecule has 2 aromatic carbocycles. The molecule has 1 fully saturated rings. The highest BCUT2D eigenvalue weighted by atomic mass is 35.5. The Morgan fingerprint density at radius 3 is 2.79 bits per heavy atom. The Bertz CT molecular complexity index is 1040. The van der Waals surface area contributed by atoms with Gasteiger partial charge in [-0.05, 0) is 36.6 Å². The van der Waals surface area contributed by atoms with Crippen LogP contribution in [0.15, 0.2) is 42.5 Å². The van der Waals surface area contributed by atoms with E-state index in [-0.39, 0.29) is 11.8 Å². The lowest BCUT2D eigenvalue weighted by Gasteiger charge is -2.19. The number of fused-ring (bicyclic) bond motifs is 1. The number of anilines is 1. The number of hydrogen-bond acceptors (Lipinski definition) is 3. The van der Waals surface area contributed by atoms with Crippen molar-refractivity contribution in [3.05, 3.63) is 53.3 Å². The van der Waals surface area contributed by atoms with Gasteiger partial charge in [0, 0.05) is 31.5 Å². The normalized spacial score (nSPS) is 16.9. The Morgan fingerprint density at radius 2 is 2.03 bits per heavy atom. The quantitative estimate of drug-likeness (QED) is 0.555. The van der Waals surface area contributed by atoms with Crippen LogP contribution >= 0.6 is 11.6 Å². The summed E-state index contributed by atoms with van der Waals surface area (Å²) in [7, 11) is 1.61. The van der Waals surface area contributed by atoms with Gasteiger partial charge < -0.3 is 14.2 Å². The standard InChI is InChI=1S/C23H26ClN3O2/c1-15(2)10-11-26-20-7-5-4-6-19(20)25-23(26)16-12-22(28)27(14-16)21-13-17(29-3)8-9-18(21)24/h4-9,13,15-16H,10-12,14H2,1-3H3/t16-/m1/s1. The molecule has 1 saturated heterocycles. The fourth-order valence-electron chi connectivity index (χ4n) is 3.97. The second-order valence-corrected chi connectivity index (χ2v) is 8.42. The van der Waals surface area contributed by atoms with E-state index in [0.717, 1.165) is 29.8 Å². The van der Waals surface area contributed by atoms with E-state index in [9.17, 15) is 4.79 Å². The molecule has 0 saturated carbocycles. The minimum absolute atomic E-state index is 0.0318. The first-order chi connectivity index (χ1) is 14.0. The number of aromatic nitrogens is 2.